The van der Waals surface area contributed by atoms with E-state index in [1.807, 2.05) is 30.5 Å². The summed E-state index contributed by atoms with van der Waals surface area (Å²) in [5.41, 5.74) is 4.36. The van der Waals surface area contributed by atoms with Crippen LogP contribution in [0, 0.1) is 0 Å². The maximum absolute atomic E-state index is 12.9. The number of Topliss-reactive ketones (excluding diaryl/α,β-unsaturated/α-hetero) is 1. The Labute approximate surface area is 135 Å². The first kappa shape index (κ1) is 14.1. The van der Waals surface area contributed by atoms with Gasteiger partial charge in [-0.05, 0) is 37.5 Å². The first-order valence-electron chi connectivity index (χ1n) is 8.18. The summed E-state index contributed by atoms with van der Waals surface area (Å²) in [6.45, 7) is 2.64. The van der Waals surface area contributed by atoms with Gasteiger partial charge in [-0.1, -0.05) is 36.4 Å². The monoisotopic (exact) mass is 304 g/mol. The number of rotatable bonds is 3. The highest BCUT2D eigenvalue weighted by Gasteiger charge is 2.25. The summed E-state index contributed by atoms with van der Waals surface area (Å²) in [6.07, 6.45) is 4.03. The van der Waals surface area contributed by atoms with Crippen LogP contribution in [-0.2, 0) is 6.42 Å². The number of hydrogen-bond donors (Lipinski definition) is 1. The Morgan fingerprint density at radius 2 is 1.96 bits per heavy atom. The zero-order valence-electron chi connectivity index (χ0n) is 13.3. The molecule has 3 aromatic rings. The van der Waals surface area contributed by atoms with Crippen LogP contribution < -0.4 is 4.90 Å². The Morgan fingerprint density at radius 1 is 1.17 bits per heavy atom. The summed E-state index contributed by atoms with van der Waals surface area (Å²) in [7, 11) is 0. The number of carbonyl (C=O) groups excluding carboxylic acids is 1. The van der Waals surface area contributed by atoms with Crippen molar-refractivity contribution in [3.8, 4) is 0 Å². The van der Waals surface area contributed by atoms with E-state index in [1.165, 1.54) is 11.3 Å². The summed E-state index contributed by atoms with van der Waals surface area (Å²) in [5, 5.41) is 1.01. The van der Waals surface area contributed by atoms with Crippen molar-refractivity contribution in [1.82, 2.24) is 4.98 Å². The fourth-order valence-corrected chi connectivity index (χ4v) is 3.54. The lowest BCUT2D eigenvalue weighted by molar-refractivity contribution is 0.0998. The molecule has 3 heteroatoms. The largest absolute Gasteiger partial charge is 0.361 e. The van der Waals surface area contributed by atoms with Gasteiger partial charge in [-0.2, -0.15) is 0 Å². The molecule has 0 fully saturated rings. The molecule has 1 atom stereocenters. The van der Waals surface area contributed by atoms with Gasteiger partial charge in [0.1, 0.15) is 0 Å². The molecule has 23 heavy (non-hydrogen) atoms. The lowest BCUT2D eigenvalue weighted by atomic mass is 9.96. The van der Waals surface area contributed by atoms with E-state index in [1.54, 1.807) is 0 Å². The fourth-order valence-electron chi connectivity index (χ4n) is 3.54. The predicted molar refractivity (Wildman–Crippen MR) is 94.2 cm³/mol. The molecule has 1 unspecified atom stereocenters. The number of benzene rings is 2. The second-order valence-electron chi connectivity index (χ2n) is 6.32. The first-order valence-corrected chi connectivity index (χ1v) is 8.18. The molecule has 0 radical (unpaired) electrons. The molecule has 4 rings (SSSR count). The van der Waals surface area contributed by atoms with E-state index < -0.39 is 0 Å². The van der Waals surface area contributed by atoms with Gasteiger partial charge in [-0.25, -0.2) is 0 Å². The van der Waals surface area contributed by atoms with E-state index in [0.29, 0.717) is 12.6 Å². The Balaban J connectivity index is 1.66. The number of aromatic amines is 1. The molecule has 1 aliphatic rings. The van der Waals surface area contributed by atoms with Gasteiger partial charge in [0.25, 0.3) is 0 Å². The third-order valence-corrected chi connectivity index (χ3v) is 4.87. The predicted octanol–water partition coefficient (Wildman–Crippen LogP) is 4.19. The molecule has 1 aliphatic heterocycles. The van der Waals surface area contributed by atoms with Crippen molar-refractivity contribution in [1.29, 1.82) is 0 Å². The van der Waals surface area contributed by atoms with Crippen molar-refractivity contribution in [2.45, 2.75) is 25.8 Å². The van der Waals surface area contributed by atoms with Crippen molar-refractivity contribution >= 4 is 22.4 Å². The van der Waals surface area contributed by atoms with Crippen LogP contribution >= 0.6 is 0 Å². The topological polar surface area (TPSA) is 36.1 Å². The molecule has 3 nitrogen and oxygen atoms in total. The SMILES string of the molecule is CC1CCc2ccccc2N1CC(=O)c1c[nH]c2ccccc12. The van der Waals surface area contributed by atoms with E-state index >= 15 is 0 Å². The Bertz CT molecular complexity index is 865. The van der Waals surface area contributed by atoms with Crippen molar-refractivity contribution < 1.29 is 4.79 Å². The van der Waals surface area contributed by atoms with E-state index in [4.69, 9.17) is 0 Å². The van der Waals surface area contributed by atoms with Crippen molar-refractivity contribution in [2.24, 2.45) is 0 Å². The number of hydrogen-bond acceptors (Lipinski definition) is 2. The van der Waals surface area contributed by atoms with E-state index in [9.17, 15) is 4.79 Å². The average molecular weight is 304 g/mol. The average Bonchev–Trinajstić information content (AvgIpc) is 3.01. The van der Waals surface area contributed by atoms with Gasteiger partial charge >= 0.3 is 0 Å². The number of nitrogens with zero attached hydrogens (tertiary/aromatic N) is 1. The van der Waals surface area contributed by atoms with E-state index in [0.717, 1.165) is 29.3 Å². The van der Waals surface area contributed by atoms with E-state index in [-0.39, 0.29) is 5.78 Å². The highest BCUT2D eigenvalue weighted by Crippen LogP contribution is 2.31. The molecule has 0 saturated carbocycles. The van der Waals surface area contributed by atoms with E-state index in [2.05, 4.69) is 41.1 Å². The van der Waals surface area contributed by atoms with Crippen molar-refractivity contribution in [3.05, 3.63) is 65.9 Å². The van der Waals surface area contributed by atoms with Crippen LogP contribution in [0.3, 0.4) is 0 Å². The molecule has 0 bridgehead atoms. The minimum Gasteiger partial charge on any atom is -0.361 e. The molecule has 2 aromatic carbocycles. The number of ketones is 1. The molecule has 0 aliphatic carbocycles. The van der Waals surface area contributed by atoms with Gasteiger partial charge in [0.2, 0.25) is 0 Å². The second kappa shape index (κ2) is 5.58. The summed E-state index contributed by atoms with van der Waals surface area (Å²) in [5.74, 6) is 0.172. The molecule has 0 saturated heterocycles. The highest BCUT2D eigenvalue weighted by atomic mass is 16.1. The summed E-state index contributed by atoms with van der Waals surface area (Å²) < 4.78 is 0. The zero-order chi connectivity index (χ0) is 15.8. The normalized spacial score (nSPS) is 17.3. The second-order valence-corrected chi connectivity index (χ2v) is 6.32. The number of fused-ring (bicyclic) bond motifs is 2. The van der Waals surface area contributed by atoms with Gasteiger partial charge in [0.15, 0.2) is 5.78 Å². The van der Waals surface area contributed by atoms with Crippen molar-refractivity contribution in [2.75, 3.05) is 11.4 Å². The number of para-hydroxylation sites is 2. The van der Waals surface area contributed by atoms with Crippen LogP contribution in [0.5, 0.6) is 0 Å². The number of carbonyl (C=O) groups is 1. The number of aromatic nitrogens is 1. The number of nitrogens with one attached hydrogen (secondary N) is 1. The van der Waals surface area contributed by atoms with Crippen LogP contribution in [0.25, 0.3) is 10.9 Å². The van der Waals surface area contributed by atoms with Gasteiger partial charge in [0.05, 0.1) is 6.54 Å². The quantitative estimate of drug-likeness (QED) is 0.736. The number of H-pyrrole nitrogens is 1. The van der Waals surface area contributed by atoms with Gasteiger partial charge in [-0.15, -0.1) is 0 Å². The molecule has 116 valence electrons. The Morgan fingerprint density at radius 3 is 2.87 bits per heavy atom. The molecule has 1 aromatic heterocycles. The maximum Gasteiger partial charge on any atom is 0.184 e. The van der Waals surface area contributed by atoms with Crippen molar-refractivity contribution in [3.63, 3.8) is 0 Å². The standard InChI is InChI=1S/C20H20N2O/c1-14-10-11-15-6-2-5-9-19(15)22(14)13-20(23)17-12-21-18-8-4-3-7-16(17)18/h2-9,12,14,21H,10-11,13H2,1H3. The Kier molecular flexibility index (Phi) is 3.41. The zero-order valence-corrected chi connectivity index (χ0v) is 13.3. The molecule has 0 amide bonds. The van der Waals surface area contributed by atoms with Gasteiger partial charge in [0, 0.05) is 34.4 Å². The van der Waals surface area contributed by atoms with Crippen LogP contribution in [-0.4, -0.2) is 23.4 Å². The third-order valence-electron chi connectivity index (χ3n) is 4.87. The lowest BCUT2D eigenvalue weighted by Crippen LogP contribution is -2.40. The smallest absolute Gasteiger partial charge is 0.184 e. The Hall–Kier alpha value is -2.55. The van der Waals surface area contributed by atoms with Crippen LogP contribution in [0.2, 0.25) is 0 Å². The number of anilines is 1. The molecule has 2 heterocycles. The first-order chi connectivity index (χ1) is 11.2. The lowest BCUT2D eigenvalue weighted by Gasteiger charge is -2.36. The maximum atomic E-state index is 12.9. The molecule has 1 N–H and O–H groups in total. The third kappa shape index (κ3) is 2.42. The summed E-state index contributed by atoms with van der Waals surface area (Å²) >= 11 is 0. The summed E-state index contributed by atoms with van der Waals surface area (Å²) in [6, 6.07) is 16.8. The highest BCUT2D eigenvalue weighted by molar-refractivity contribution is 6.09. The minimum absolute atomic E-state index is 0.172. The van der Waals surface area contributed by atoms with Crippen LogP contribution in [0.4, 0.5) is 5.69 Å². The number of aryl methyl sites for hydroxylation is 1. The molecule has 0 spiro atoms. The van der Waals surface area contributed by atoms with Gasteiger partial charge < -0.3 is 9.88 Å². The molecular weight excluding hydrogens is 284 g/mol. The van der Waals surface area contributed by atoms with Crippen LogP contribution in [0.1, 0.15) is 29.3 Å². The summed E-state index contributed by atoms with van der Waals surface area (Å²) in [4.78, 5) is 18.3. The van der Waals surface area contributed by atoms with Gasteiger partial charge in [-0.3, -0.25) is 4.79 Å². The molecular formula is C20H20N2O. The van der Waals surface area contributed by atoms with Crippen LogP contribution in [0.15, 0.2) is 54.7 Å². The minimum atomic E-state index is 0.172. The fraction of sp³-hybridized carbons (Fsp3) is 0.250.